The lowest BCUT2D eigenvalue weighted by molar-refractivity contribution is -0.121. The number of ether oxygens (including phenoxy) is 1. The molecular formula is C22H36N2O3. The molecule has 0 heterocycles. The number of hydrazone groups is 1. The maximum Gasteiger partial charge on any atom is 0.240 e. The van der Waals surface area contributed by atoms with Crippen LogP contribution in [0, 0.1) is 0 Å². The summed E-state index contributed by atoms with van der Waals surface area (Å²) in [5.41, 5.74) is 3.01. The van der Waals surface area contributed by atoms with E-state index < -0.39 is 0 Å². The van der Waals surface area contributed by atoms with Crippen molar-refractivity contribution >= 4 is 12.1 Å². The fraction of sp³-hybridized carbons (Fsp3) is 0.636. The molecule has 1 amide bonds. The standard InChI is InChI=1S/C22H36N2O3/c1-3-4-5-6-7-8-9-10-11-12-13-17-21(25)24-23-18-19-15-14-16-20(27-2)22(19)26/h14-16,18,26H,3-13,17H2,1-2H3,(H,24,25)/b23-18+. The van der Waals surface area contributed by atoms with E-state index in [0.717, 1.165) is 12.8 Å². The van der Waals surface area contributed by atoms with Gasteiger partial charge in [0.1, 0.15) is 0 Å². The maximum absolute atomic E-state index is 11.8. The van der Waals surface area contributed by atoms with Crippen LogP contribution in [0.1, 0.15) is 89.5 Å². The van der Waals surface area contributed by atoms with Crippen molar-refractivity contribution in [2.45, 2.75) is 84.0 Å². The highest BCUT2D eigenvalue weighted by molar-refractivity contribution is 5.86. The summed E-state index contributed by atoms with van der Waals surface area (Å²) in [6, 6.07) is 5.13. The molecule has 0 unspecified atom stereocenters. The van der Waals surface area contributed by atoms with Gasteiger partial charge in [0.05, 0.1) is 13.3 Å². The fourth-order valence-corrected chi connectivity index (χ4v) is 2.99. The van der Waals surface area contributed by atoms with Crippen molar-refractivity contribution in [3.63, 3.8) is 0 Å². The van der Waals surface area contributed by atoms with Gasteiger partial charge in [-0.3, -0.25) is 4.79 Å². The molecule has 1 aromatic carbocycles. The van der Waals surface area contributed by atoms with Gasteiger partial charge in [-0.2, -0.15) is 5.10 Å². The Bertz CT molecular complexity index is 558. The summed E-state index contributed by atoms with van der Waals surface area (Å²) < 4.78 is 5.04. The third kappa shape index (κ3) is 10.6. The van der Waals surface area contributed by atoms with Gasteiger partial charge < -0.3 is 9.84 Å². The van der Waals surface area contributed by atoms with E-state index in [1.165, 1.54) is 71.1 Å². The van der Waals surface area contributed by atoms with Crippen molar-refractivity contribution in [1.82, 2.24) is 5.43 Å². The van der Waals surface area contributed by atoms with Gasteiger partial charge in [0.2, 0.25) is 5.91 Å². The zero-order valence-corrected chi connectivity index (χ0v) is 17.0. The van der Waals surface area contributed by atoms with Crippen molar-refractivity contribution in [3.8, 4) is 11.5 Å². The molecule has 0 saturated carbocycles. The van der Waals surface area contributed by atoms with Gasteiger partial charge in [-0.05, 0) is 18.6 Å². The minimum Gasteiger partial charge on any atom is -0.504 e. The Morgan fingerprint density at radius 3 is 2.22 bits per heavy atom. The van der Waals surface area contributed by atoms with Crippen LogP contribution < -0.4 is 10.2 Å². The summed E-state index contributed by atoms with van der Waals surface area (Å²) in [6.07, 6.45) is 15.8. The fourth-order valence-electron chi connectivity index (χ4n) is 2.99. The topological polar surface area (TPSA) is 70.9 Å². The lowest BCUT2D eigenvalue weighted by Crippen LogP contribution is -2.16. The van der Waals surface area contributed by atoms with Crippen LogP contribution in [0.3, 0.4) is 0 Å². The van der Waals surface area contributed by atoms with E-state index in [-0.39, 0.29) is 11.7 Å². The highest BCUT2D eigenvalue weighted by Gasteiger charge is 2.05. The first-order valence-electron chi connectivity index (χ1n) is 10.4. The molecule has 1 aromatic rings. The number of nitrogens with one attached hydrogen (secondary N) is 1. The monoisotopic (exact) mass is 376 g/mol. The molecule has 2 N–H and O–H groups in total. The van der Waals surface area contributed by atoms with Gasteiger partial charge in [0, 0.05) is 12.0 Å². The molecule has 0 radical (unpaired) electrons. The average Bonchev–Trinajstić information content (AvgIpc) is 2.67. The van der Waals surface area contributed by atoms with Crippen LogP contribution in [0.4, 0.5) is 0 Å². The van der Waals surface area contributed by atoms with Crippen molar-refractivity contribution in [2.75, 3.05) is 7.11 Å². The normalized spacial score (nSPS) is 11.0. The van der Waals surface area contributed by atoms with Crippen LogP contribution >= 0.6 is 0 Å². The molecule has 0 aliphatic carbocycles. The summed E-state index contributed by atoms with van der Waals surface area (Å²) >= 11 is 0. The molecule has 152 valence electrons. The Kier molecular flexibility index (Phi) is 12.8. The molecule has 5 heteroatoms. The van der Waals surface area contributed by atoms with Gasteiger partial charge in [-0.15, -0.1) is 0 Å². The summed E-state index contributed by atoms with van der Waals surface area (Å²) in [6.45, 7) is 2.25. The number of benzene rings is 1. The minimum absolute atomic E-state index is 0.0170. The van der Waals surface area contributed by atoms with Crippen LogP contribution in [0.5, 0.6) is 11.5 Å². The second-order valence-electron chi connectivity index (χ2n) is 6.98. The number of phenols is 1. The lowest BCUT2D eigenvalue weighted by atomic mass is 10.1. The number of rotatable bonds is 15. The first kappa shape index (κ1) is 23.0. The zero-order chi connectivity index (χ0) is 19.7. The molecular weight excluding hydrogens is 340 g/mol. The van der Waals surface area contributed by atoms with Crippen molar-refractivity contribution < 1.29 is 14.6 Å². The van der Waals surface area contributed by atoms with Crippen molar-refractivity contribution in [1.29, 1.82) is 0 Å². The number of carbonyl (C=O) groups excluding carboxylic acids is 1. The van der Waals surface area contributed by atoms with E-state index in [4.69, 9.17) is 4.74 Å². The second kappa shape index (κ2) is 15.1. The molecule has 0 atom stereocenters. The maximum atomic E-state index is 11.8. The lowest BCUT2D eigenvalue weighted by Gasteiger charge is -2.05. The Labute approximate surface area is 164 Å². The molecule has 0 aliphatic heterocycles. The number of nitrogens with zero attached hydrogens (tertiary/aromatic N) is 1. The zero-order valence-electron chi connectivity index (χ0n) is 17.0. The Hall–Kier alpha value is -2.04. The van der Waals surface area contributed by atoms with Gasteiger partial charge in [0.15, 0.2) is 11.5 Å². The Balaban J connectivity index is 2.05. The van der Waals surface area contributed by atoms with E-state index in [1.54, 1.807) is 18.2 Å². The van der Waals surface area contributed by atoms with Crippen LogP contribution in [-0.4, -0.2) is 24.3 Å². The number of para-hydroxylation sites is 1. The highest BCUT2D eigenvalue weighted by atomic mass is 16.5. The minimum atomic E-state index is -0.0930. The summed E-state index contributed by atoms with van der Waals surface area (Å²) in [5.74, 6) is 0.305. The molecule has 0 fully saturated rings. The molecule has 0 bridgehead atoms. The molecule has 0 saturated heterocycles. The van der Waals surface area contributed by atoms with Crippen LogP contribution in [-0.2, 0) is 4.79 Å². The van der Waals surface area contributed by atoms with Crippen LogP contribution in [0.15, 0.2) is 23.3 Å². The second-order valence-corrected chi connectivity index (χ2v) is 6.98. The number of methoxy groups -OCH3 is 1. The molecule has 27 heavy (non-hydrogen) atoms. The smallest absolute Gasteiger partial charge is 0.240 e. The number of hydrogen-bond donors (Lipinski definition) is 2. The third-order valence-corrected chi connectivity index (χ3v) is 4.65. The molecule has 1 rings (SSSR count). The number of unbranched alkanes of at least 4 members (excludes halogenated alkanes) is 10. The van der Waals surface area contributed by atoms with Gasteiger partial charge in [0.25, 0.3) is 0 Å². The average molecular weight is 377 g/mol. The Morgan fingerprint density at radius 1 is 1.04 bits per heavy atom. The first-order valence-corrected chi connectivity index (χ1v) is 10.4. The molecule has 0 aliphatic rings. The SMILES string of the molecule is CCCCCCCCCCCCCC(=O)N/N=C/c1cccc(OC)c1O. The predicted octanol–water partition coefficient (Wildman–Crippen LogP) is 5.55. The molecule has 5 nitrogen and oxygen atoms in total. The largest absolute Gasteiger partial charge is 0.504 e. The number of amides is 1. The van der Waals surface area contributed by atoms with E-state index in [1.807, 2.05) is 0 Å². The van der Waals surface area contributed by atoms with Crippen LogP contribution in [0.25, 0.3) is 0 Å². The Morgan fingerprint density at radius 2 is 1.63 bits per heavy atom. The first-order chi connectivity index (χ1) is 13.2. The summed E-state index contributed by atoms with van der Waals surface area (Å²) in [5, 5.41) is 13.8. The number of phenolic OH excluding ortho intramolecular Hbond substituents is 1. The summed E-state index contributed by atoms with van der Waals surface area (Å²) in [4.78, 5) is 11.8. The van der Waals surface area contributed by atoms with Crippen molar-refractivity contribution in [2.24, 2.45) is 5.10 Å². The van der Waals surface area contributed by atoms with E-state index >= 15 is 0 Å². The van der Waals surface area contributed by atoms with Gasteiger partial charge in [-0.25, -0.2) is 5.43 Å². The van der Waals surface area contributed by atoms with Crippen molar-refractivity contribution in [3.05, 3.63) is 23.8 Å². The van der Waals surface area contributed by atoms with E-state index in [2.05, 4.69) is 17.5 Å². The number of aromatic hydroxyl groups is 1. The molecule has 0 aromatic heterocycles. The summed E-state index contributed by atoms with van der Waals surface area (Å²) in [7, 11) is 1.49. The van der Waals surface area contributed by atoms with E-state index in [9.17, 15) is 9.90 Å². The predicted molar refractivity (Wildman–Crippen MR) is 111 cm³/mol. The number of hydrogen-bond acceptors (Lipinski definition) is 4. The van der Waals surface area contributed by atoms with Gasteiger partial charge in [-0.1, -0.05) is 77.2 Å². The quantitative estimate of drug-likeness (QED) is 0.239. The molecule has 0 spiro atoms. The highest BCUT2D eigenvalue weighted by Crippen LogP contribution is 2.27. The third-order valence-electron chi connectivity index (χ3n) is 4.65. The van der Waals surface area contributed by atoms with Gasteiger partial charge >= 0.3 is 0 Å². The van der Waals surface area contributed by atoms with E-state index in [0.29, 0.717) is 17.7 Å². The van der Waals surface area contributed by atoms with Crippen LogP contribution in [0.2, 0.25) is 0 Å². The number of carbonyl (C=O) groups is 1.